The highest BCUT2D eigenvalue weighted by molar-refractivity contribution is 5.87. The predicted molar refractivity (Wildman–Crippen MR) is 129 cm³/mol. The van der Waals surface area contributed by atoms with Gasteiger partial charge in [-0.25, -0.2) is 0 Å². The fourth-order valence-corrected chi connectivity index (χ4v) is 5.21. The molecule has 4 rings (SSSR count). The molecular formula is C27H35N3O3. The van der Waals surface area contributed by atoms with Crippen LogP contribution in [0.5, 0.6) is 0 Å². The molecule has 1 aliphatic carbocycles. The molecule has 6 nitrogen and oxygen atoms in total. The van der Waals surface area contributed by atoms with Crippen LogP contribution in [0.15, 0.2) is 48.8 Å². The average molecular weight is 450 g/mol. The van der Waals surface area contributed by atoms with E-state index >= 15 is 0 Å². The molecule has 2 heterocycles. The lowest BCUT2D eigenvalue weighted by atomic mass is 9.86. The van der Waals surface area contributed by atoms with Gasteiger partial charge in [-0.1, -0.05) is 49.6 Å². The quantitative estimate of drug-likeness (QED) is 0.670. The lowest BCUT2D eigenvalue weighted by molar-refractivity contribution is -0.173. The summed E-state index contributed by atoms with van der Waals surface area (Å²) in [5.74, 6) is 0.541. The largest absolute Gasteiger partial charge is 0.361 e. The molecule has 1 aliphatic heterocycles. The fourth-order valence-electron chi connectivity index (χ4n) is 5.21. The molecule has 6 heteroatoms. The molecule has 1 saturated heterocycles. The molecule has 0 bridgehead atoms. The first kappa shape index (κ1) is 23.4. The number of ether oxygens (including phenoxy) is 1. The van der Waals surface area contributed by atoms with Crippen LogP contribution in [0.25, 0.3) is 11.1 Å². The van der Waals surface area contributed by atoms with Gasteiger partial charge in [0.15, 0.2) is 5.60 Å². The fraction of sp³-hybridized carbons (Fsp3) is 0.519. The molecule has 0 N–H and O–H groups in total. The summed E-state index contributed by atoms with van der Waals surface area (Å²) >= 11 is 0. The number of morpholine rings is 1. The Kier molecular flexibility index (Phi) is 7.43. The molecule has 2 amide bonds. The molecule has 1 atom stereocenters. The standard InChI is InChI=1S/C27H35N3O3/c1-29(2)26(32)27(18-22-10-6-11-23(16-22)24-12-7-13-28-19-24)20-30(14-15-33-27)25(31)17-21-8-4-3-5-9-21/h6-7,10-13,16,19,21H,3-5,8-9,14-15,17-18,20H2,1-2H3. The second-order valence-electron chi connectivity index (χ2n) is 9.68. The van der Waals surface area contributed by atoms with Gasteiger partial charge in [0.05, 0.1) is 13.2 Å². The minimum Gasteiger partial charge on any atom is -0.361 e. The SMILES string of the molecule is CN(C)C(=O)C1(Cc2cccc(-c3cccnc3)c2)CN(C(=O)CC2CCCCC2)CCO1. The maximum atomic E-state index is 13.4. The molecule has 1 aromatic carbocycles. The normalized spacial score (nSPS) is 21.6. The minimum absolute atomic E-state index is 0.0931. The van der Waals surface area contributed by atoms with E-state index in [2.05, 4.69) is 11.1 Å². The van der Waals surface area contributed by atoms with E-state index in [1.165, 1.54) is 19.3 Å². The van der Waals surface area contributed by atoms with E-state index in [1.807, 2.05) is 41.4 Å². The van der Waals surface area contributed by atoms with Gasteiger partial charge < -0.3 is 14.5 Å². The molecule has 0 radical (unpaired) electrons. The van der Waals surface area contributed by atoms with Crippen LogP contribution in [0.2, 0.25) is 0 Å². The molecule has 1 saturated carbocycles. The number of likely N-dealkylation sites (N-methyl/N-ethyl adjacent to an activating group) is 1. The van der Waals surface area contributed by atoms with Crippen molar-refractivity contribution in [2.24, 2.45) is 5.92 Å². The summed E-state index contributed by atoms with van der Waals surface area (Å²) in [5, 5.41) is 0. The summed E-state index contributed by atoms with van der Waals surface area (Å²) in [4.78, 5) is 34.2. The van der Waals surface area contributed by atoms with Gasteiger partial charge in [0.2, 0.25) is 5.91 Å². The van der Waals surface area contributed by atoms with Crippen LogP contribution in [0.3, 0.4) is 0 Å². The zero-order valence-electron chi connectivity index (χ0n) is 19.8. The third-order valence-electron chi connectivity index (χ3n) is 6.93. The Morgan fingerprint density at radius 3 is 2.64 bits per heavy atom. The predicted octanol–water partition coefficient (Wildman–Crippen LogP) is 3.95. The van der Waals surface area contributed by atoms with Gasteiger partial charge in [0.25, 0.3) is 5.91 Å². The van der Waals surface area contributed by atoms with Crippen molar-refractivity contribution in [1.82, 2.24) is 14.8 Å². The number of hydrogen-bond donors (Lipinski definition) is 0. The first-order valence-electron chi connectivity index (χ1n) is 12.1. The number of amides is 2. The van der Waals surface area contributed by atoms with E-state index in [4.69, 9.17) is 4.74 Å². The van der Waals surface area contributed by atoms with Gasteiger partial charge in [-0.2, -0.15) is 0 Å². The second-order valence-corrected chi connectivity index (χ2v) is 9.68. The number of aromatic nitrogens is 1. The maximum Gasteiger partial charge on any atom is 0.256 e. The molecule has 1 aromatic heterocycles. The molecule has 2 aromatic rings. The Labute approximate surface area is 196 Å². The third kappa shape index (κ3) is 5.61. The Bertz CT molecular complexity index is 956. The molecule has 176 valence electrons. The van der Waals surface area contributed by atoms with E-state index in [0.717, 1.165) is 29.5 Å². The van der Waals surface area contributed by atoms with Crippen molar-refractivity contribution in [3.63, 3.8) is 0 Å². The summed E-state index contributed by atoms with van der Waals surface area (Å²) in [6.45, 7) is 1.22. The molecule has 2 aliphatic rings. The Hall–Kier alpha value is -2.73. The van der Waals surface area contributed by atoms with E-state index in [1.54, 1.807) is 25.2 Å². The summed E-state index contributed by atoms with van der Waals surface area (Å²) in [7, 11) is 3.50. The molecule has 1 unspecified atom stereocenters. The van der Waals surface area contributed by atoms with Crippen LogP contribution < -0.4 is 0 Å². The van der Waals surface area contributed by atoms with Crippen LogP contribution in [0.4, 0.5) is 0 Å². The number of carbonyl (C=O) groups excluding carboxylic acids is 2. The van der Waals surface area contributed by atoms with Crippen molar-refractivity contribution in [2.75, 3.05) is 33.8 Å². The summed E-state index contributed by atoms with van der Waals surface area (Å²) in [6, 6.07) is 12.1. The average Bonchev–Trinajstić information content (AvgIpc) is 2.85. The van der Waals surface area contributed by atoms with Crippen molar-refractivity contribution in [3.05, 3.63) is 54.4 Å². The van der Waals surface area contributed by atoms with Crippen LogP contribution in [0, 0.1) is 5.92 Å². The number of benzene rings is 1. The Morgan fingerprint density at radius 1 is 1.12 bits per heavy atom. The third-order valence-corrected chi connectivity index (χ3v) is 6.93. The molecule has 0 spiro atoms. The van der Waals surface area contributed by atoms with Crippen LogP contribution in [-0.4, -0.2) is 66.0 Å². The van der Waals surface area contributed by atoms with Gasteiger partial charge in [-0.15, -0.1) is 0 Å². The van der Waals surface area contributed by atoms with E-state index in [0.29, 0.717) is 38.5 Å². The smallest absolute Gasteiger partial charge is 0.256 e. The second kappa shape index (κ2) is 10.5. The first-order valence-corrected chi connectivity index (χ1v) is 12.1. The Balaban J connectivity index is 1.55. The van der Waals surface area contributed by atoms with Crippen LogP contribution in [-0.2, 0) is 20.7 Å². The number of nitrogens with zero attached hydrogens (tertiary/aromatic N) is 3. The van der Waals surface area contributed by atoms with Crippen molar-refractivity contribution >= 4 is 11.8 Å². The van der Waals surface area contributed by atoms with E-state index < -0.39 is 5.60 Å². The van der Waals surface area contributed by atoms with Crippen molar-refractivity contribution in [1.29, 1.82) is 0 Å². The zero-order valence-corrected chi connectivity index (χ0v) is 19.8. The number of rotatable bonds is 6. The van der Waals surface area contributed by atoms with Crippen molar-refractivity contribution < 1.29 is 14.3 Å². The summed E-state index contributed by atoms with van der Waals surface area (Å²) in [6.07, 6.45) is 10.6. The highest BCUT2D eigenvalue weighted by Crippen LogP contribution is 2.30. The minimum atomic E-state index is -1.07. The lowest BCUT2D eigenvalue weighted by Crippen LogP contribution is -2.61. The van der Waals surface area contributed by atoms with Gasteiger partial charge in [-0.3, -0.25) is 14.6 Å². The maximum absolute atomic E-state index is 13.4. The van der Waals surface area contributed by atoms with Gasteiger partial charge in [-0.05, 0) is 41.5 Å². The van der Waals surface area contributed by atoms with E-state index in [-0.39, 0.29) is 11.8 Å². The van der Waals surface area contributed by atoms with Crippen molar-refractivity contribution in [2.45, 2.75) is 50.5 Å². The highest BCUT2D eigenvalue weighted by atomic mass is 16.5. The van der Waals surface area contributed by atoms with Crippen molar-refractivity contribution in [3.8, 4) is 11.1 Å². The molecule has 33 heavy (non-hydrogen) atoms. The number of carbonyl (C=O) groups is 2. The topological polar surface area (TPSA) is 62.7 Å². The zero-order chi connectivity index (χ0) is 23.3. The lowest BCUT2D eigenvalue weighted by Gasteiger charge is -2.43. The first-order chi connectivity index (χ1) is 16.0. The van der Waals surface area contributed by atoms with Gasteiger partial charge in [0, 0.05) is 45.9 Å². The number of hydrogen-bond acceptors (Lipinski definition) is 4. The monoisotopic (exact) mass is 449 g/mol. The summed E-state index contributed by atoms with van der Waals surface area (Å²) < 4.78 is 6.21. The summed E-state index contributed by atoms with van der Waals surface area (Å²) in [5.41, 5.74) is 2.01. The van der Waals surface area contributed by atoms with Crippen LogP contribution >= 0.6 is 0 Å². The molecule has 2 fully saturated rings. The molecular weight excluding hydrogens is 414 g/mol. The van der Waals surface area contributed by atoms with Gasteiger partial charge in [0.1, 0.15) is 0 Å². The van der Waals surface area contributed by atoms with Crippen LogP contribution in [0.1, 0.15) is 44.1 Å². The highest BCUT2D eigenvalue weighted by Gasteiger charge is 2.46. The Morgan fingerprint density at radius 2 is 1.91 bits per heavy atom. The van der Waals surface area contributed by atoms with E-state index in [9.17, 15) is 9.59 Å². The number of pyridine rings is 1. The van der Waals surface area contributed by atoms with Gasteiger partial charge >= 0.3 is 0 Å².